The largest absolute Gasteiger partial charge is 0.387 e. The first-order valence-corrected chi connectivity index (χ1v) is 11.8. The van der Waals surface area contributed by atoms with Gasteiger partial charge in [-0.3, -0.25) is 23.1 Å². The maximum Gasteiger partial charge on any atom is 0.340 e. The van der Waals surface area contributed by atoms with E-state index in [1.54, 1.807) is 0 Å². The van der Waals surface area contributed by atoms with Crippen LogP contribution in [-0.2, 0) is 25.4 Å². The fourth-order valence-electron chi connectivity index (χ4n) is 2.62. The molecule has 2 heterocycles. The molecule has 16 heteroatoms. The molecule has 1 aromatic heterocycles. The van der Waals surface area contributed by atoms with Crippen LogP contribution in [0.1, 0.15) is 11.8 Å². The third kappa shape index (κ3) is 5.53. The highest BCUT2D eigenvalue weighted by Gasteiger charge is 2.45. The molecular weight excluding hydrogens is 458 g/mol. The first-order chi connectivity index (χ1) is 13.1. The molecule has 0 aliphatic carbocycles. The third-order valence-electron chi connectivity index (χ3n) is 4.02. The van der Waals surface area contributed by atoms with Crippen LogP contribution in [0.15, 0.2) is 22.4 Å². The van der Waals surface area contributed by atoms with Gasteiger partial charge in [-0.15, -0.1) is 0 Å². The van der Waals surface area contributed by atoms with E-state index in [-0.39, 0.29) is 10.6 Å². The molecule has 5 N–H and O–H groups in total. The van der Waals surface area contributed by atoms with E-state index in [0.29, 0.717) is 4.57 Å². The van der Waals surface area contributed by atoms with Crippen molar-refractivity contribution in [2.24, 2.45) is 7.05 Å². The molecule has 3 unspecified atom stereocenters. The van der Waals surface area contributed by atoms with Gasteiger partial charge in [-0.1, -0.05) is 18.2 Å². The van der Waals surface area contributed by atoms with Gasteiger partial charge in [0.15, 0.2) is 12.1 Å². The summed E-state index contributed by atoms with van der Waals surface area (Å²) in [5.41, 5.74) is -1.83. The van der Waals surface area contributed by atoms with Crippen molar-refractivity contribution >= 4 is 31.8 Å². The zero-order valence-electron chi connectivity index (χ0n) is 14.9. The summed E-state index contributed by atoms with van der Waals surface area (Å²) in [6.07, 6.45) is -5.38. The van der Waals surface area contributed by atoms with Crippen LogP contribution in [0.3, 0.4) is 0 Å². The smallest absolute Gasteiger partial charge is 0.340 e. The number of hydrogen-bond donors (Lipinski definition) is 5. The van der Waals surface area contributed by atoms with Crippen LogP contribution in [-0.4, -0.2) is 64.8 Å². The predicted octanol–water partition coefficient (Wildman–Crippen LogP) is -1.29. The summed E-state index contributed by atoms with van der Waals surface area (Å²) in [4.78, 5) is 51.4. The molecule has 0 amide bonds. The molecule has 0 radical (unpaired) electrons. The monoisotopic (exact) mass is 476 g/mol. The van der Waals surface area contributed by atoms with Crippen molar-refractivity contribution in [1.82, 2.24) is 9.13 Å². The van der Waals surface area contributed by atoms with Gasteiger partial charge in [0.1, 0.15) is 18.3 Å². The molecule has 13 nitrogen and oxygen atoms in total. The van der Waals surface area contributed by atoms with E-state index in [1.165, 1.54) is 0 Å². The van der Waals surface area contributed by atoms with Gasteiger partial charge in [-0.05, 0) is 0 Å². The molecule has 29 heavy (non-hydrogen) atoms. The summed E-state index contributed by atoms with van der Waals surface area (Å²) < 4.78 is 33.9. The van der Waals surface area contributed by atoms with Gasteiger partial charge in [-0.2, -0.15) is 0 Å². The summed E-state index contributed by atoms with van der Waals surface area (Å²) >= 11 is 5.74. The summed E-state index contributed by atoms with van der Waals surface area (Å²) in [5.74, 6) is -1.45. The molecule has 2 rings (SSSR count). The van der Waals surface area contributed by atoms with E-state index in [1.807, 2.05) is 0 Å². The average molecular weight is 477 g/mol. The lowest BCUT2D eigenvalue weighted by Crippen LogP contribution is -2.43. The number of hydrogen-bond acceptors (Lipinski definition) is 8. The highest BCUT2D eigenvalue weighted by molar-refractivity contribution is 7.70. The fraction of sp³-hybridized carbons (Fsp3) is 0.538. The van der Waals surface area contributed by atoms with Gasteiger partial charge in [0.05, 0.1) is 12.2 Å². The highest BCUT2D eigenvalue weighted by Crippen LogP contribution is 2.55. The second kappa shape index (κ2) is 8.56. The Hall–Kier alpha value is -1.11. The molecular formula is C13H19ClN2O11P2. The summed E-state index contributed by atoms with van der Waals surface area (Å²) in [5, 5.41) is 20.1. The molecule has 164 valence electrons. The van der Waals surface area contributed by atoms with E-state index in [0.717, 1.165) is 17.8 Å². The van der Waals surface area contributed by atoms with E-state index in [4.69, 9.17) is 26.1 Å². The zero-order valence-corrected chi connectivity index (χ0v) is 17.4. The average Bonchev–Trinajstić information content (AvgIpc) is 2.84. The van der Waals surface area contributed by atoms with Gasteiger partial charge in [0.25, 0.3) is 5.56 Å². The van der Waals surface area contributed by atoms with Crippen LogP contribution >= 0.6 is 26.8 Å². The minimum Gasteiger partial charge on any atom is -0.387 e. The number of aliphatic hydroxyl groups is 2. The Kier molecular flexibility index (Phi) is 7.13. The standard InChI is InChI=1S/C13H19ClN2O11P2/c1-6(14)7-3-16(13(20)15(2)11(7)19)12-10(18)9(17)8(27-12)4-26-29(24,25)5-28(21,22)23/h3,8-10,12,17-18H,1,4-5H2,2H3,(H,24,25)(H2,21,22,23)/t8-,9?,10?,12-/m1/s1. The molecule has 1 fully saturated rings. The maximum atomic E-state index is 12.4. The number of nitrogens with zero attached hydrogens (tertiary/aromatic N) is 2. The van der Waals surface area contributed by atoms with Crippen molar-refractivity contribution in [2.45, 2.75) is 24.5 Å². The number of aliphatic hydroxyl groups excluding tert-OH is 2. The summed E-state index contributed by atoms with van der Waals surface area (Å²) in [6, 6.07) is 0. The van der Waals surface area contributed by atoms with Crippen LogP contribution in [0.4, 0.5) is 0 Å². The van der Waals surface area contributed by atoms with Crippen molar-refractivity contribution in [3.05, 3.63) is 39.2 Å². The molecule has 1 aliphatic rings. The van der Waals surface area contributed by atoms with Crippen LogP contribution in [0.2, 0.25) is 0 Å². The fourth-order valence-corrected chi connectivity index (χ4v) is 5.32. The number of rotatable bonds is 7. The van der Waals surface area contributed by atoms with Crippen molar-refractivity contribution < 1.29 is 43.3 Å². The molecule has 0 spiro atoms. The van der Waals surface area contributed by atoms with Crippen molar-refractivity contribution in [2.75, 3.05) is 12.5 Å². The molecule has 0 aromatic carbocycles. The Labute approximate surface area is 168 Å². The van der Waals surface area contributed by atoms with E-state index in [2.05, 4.69) is 11.1 Å². The predicted molar refractivity (Wildman–Crippen MR) is 99.4 cm³/mol. The zero-order chi connectivity index (χ0) is 22.3. The molecule has 1 aliphatic heterocycles. The SMILES string of the molecule is C=C(Cl)c1cn([C@@H]2O[C@H](COP(=O)(O)CP(=O)(O)O)C(O)C2O)c(=O)n(C)c1=O. The lowest BCUT2D eigenvalue weighted by atomic mass is 10.1. The van der Waals surface area contributed by atoms with Crippen LogP contribution in [0.25, 0.3) is 5.03 Å². The Morgan fingerprint density at radius 2 is 1.86 bits per heavy atom. The normalized spacial score (nSPS) is 27.0. The first-order valence-electron chi connectivity index (χ1n) is 7.84. The Bertz CT molecular complexity index is 1010. The Morgan fingerprint density at radius 1 is 1.28 bits per heavy atom. The Morgan fingerprint density at radius 3 is 2.38 bits per heavy atom. The number of ether oxygens (including phenoxy) is 1. The second-order valence-electron chi connectivity index (χ2n) is 6.29. The number of aromatic nitrogens is 2. The molecule has 1 aromatic rings. The second-order valence-corrected chi connectivity index (χ2v) is 10.7. The molecule has 1 saturated heterocycles. The van der Waals surface area contributed by atoms with Crippen LogP contribution in [0, 0.1) is 0 Å². The van der Waals surface area contributed by atoms with E-state index < -0.39 is 63.5 Å². The van der Waals surface area contributed by atoms with Crippen molar-refractivity contribution in [3.63, 3.8) is 0 Å². The quantitative estimate of drug-likeness (QED) is 0.293. The minimum atomic E-state index is -4.86. The maximum absolute atomic E-state index is 12.4. The van der Waals surface area contributed by atoms with Crippen molar-refractivity contribution in [3.8, 4) is 0 Å². The van der Waals surface area contributed by atoms with E-state index in [9.17, 15) is 33.8 Å². The topological polar surface area (TPSA) is 198 Å². The lowest BCUT2D eigenvalue weighted by Gasteiger charge is -2.19. The van der Waals surface area contributed by atoms with Crippen molar-refractivity contribution in [1.29, 1.82) is 0 Å². The molecule has 5 atom stereocenters. The van der Waals surface area contributed by atoms with Gasteiger partial charge >= 0.3 is 20.9 Å². The lowest BCUT2D eigenvalue weighted by molar-refractivity contribution is -0.0529. The van der Waals surface area contributed by atoms with Gasteiger partial charge < -0.3 is 34.2 Å². The first kappa shape index (κ1) is 24.2. The summed E-state index contributed by atoms with van der Waals surface area (Å²) in [6.45, 7) is 2.58. The summed E-state index contributed by atoms with van der Waals surface area (Å²) in [7, 11) is -8.44. The Balaban J connectivity index is 2.28. The minimum absolute atomic E-state index is 0.166. The van der Waals surface area contributed by atoms with Crippen LogP contribution in [0.5, 0.6) is 0 Å². The van der Waals surface area contributed by atoms with Gasteiger partial charge in [0, 0.05) is 18.3 Å². The molecule has 0 saturated carbocycles. The molecule has 0 bridgehead atoms. The van der Waals surface area contributed by atoms with Crippen LogP contribution < -0.4 is 11.2 Å². The van der Waals surface area contributed by atoms with Gasteiger partial charge in [0.2, 0.25) is 0 Å². The number of halogens is 1. The van der Waals surface area contributed by atoms with E-state index >= 15 is 0 Å². The highest BCUT2D eigenvalue weighted by atomic mass is 35.5. The van der Waals surface area contributed by atoms with Gasteiger partial charge in [-0.25, -0.2) is 4.79 Å². The third-order valence-corrected chi connectivity index (χ3v) is 7.68.